The van der Waals surface area contributed by atoms with Gasteiger partial charge in [-0.1, -0.05) is 0 Å². The highest BCUT2D eigenvalue weighted by atomic mass is 32.1. The molecule has 0 bridgehead atoms. The van der Waals surface area contributed by atoms with E-state index >= 15 is 0 Å². The Hall–Kier alpha value is -2.32. The maximum Gasteiger partial charge on any atom is 0.254 e. The molecule has 1 fully saturated rings. The Labute approximate surface area is 143 Å². The van der Waals surface area contributed by atoms with Crippen LogP contribution in [0.15, 0.2) is 30.2 Å². The van der Waals surface area contributed by atoms with Gasteiger partial charge in [0.25, 0.3) is 5.91 Å². The number of rotatable bonds is 4. The van der Waals surface area contributed by atoms with Gasteiger partial charge in [-0.15, -0.1) is 11.3 Å². The average molecular weight is 342 g/mol. The molecular weight excluding hydrogens is 324 g/mol. The number of likely N-dealkylation sites (tertiary alicyclic amines) is 1. The van der Waals surface area contributed by atoms with Crippen LogP contribution in [0.5, 0.6) is 0 Å². The molecule has 8 heteroatoms. The highest BCUT2D eigenvalue weighted by Crippen LogP contribution is 2.28. The average Bonchev–Trinajstić information content (AvgIpc) is 3.24. The molecular formula is C16H18N6OS. The fourth-order valence-electron chi connectivity index (χ4n) is 3.37. The lowest BCUT2D eigenvalue weighted by molar-refractivity contribution is 0.100. The van der Waals surface area contributed by atoms with E-state index in [0.717, 1.165) is 38.2 Å². The molecule has 4 rings (SSSR count). The molecule has 1 aliphatic heterocycles. The van der Waals surface area contributed by atoms with Crippen molar-refractivity contribution in [1.82, 2.24) is 24.5 Å². The van der Waals surface area contributed by atoms with E-state index in [1.807, 2.05) is 17.8 Å². The lowest BCUT2D eigenvalue weighted by atomic mass is 9.94. The number of fused-ring (bicyclic) bond motifs is 1. The zero-order chi connectivity index (χ0) is 16.5. The van der Waals surface area contributed by atoms with Crippen molar-refractivity contribution in [2.75, 3.05) is 13.1 Å². The van der Waals surface area contributed by atoms with Gasteiger partial charge in [-0.3, -0.25) is 14.7 Å². The van der Waals surface area contributed by atoms with Gasteiger partial charge >= 0.3 is 0 Å². The summed E-state index contributed by atoms with van der Waals surface area (Å²) in [7, 11) is 0. The largest absolute Gasteiger partial charge is 0.365 e. The first-order chi connectivity index (χ1) is 11.7. The van der Waals surface area contributed by atoms with E-state index in [1.165, 1.54) is 11.1 Å². The summed E-state index contributed by atoms with van der Waals surface area (Å²) in [5.41, 5.74) is 9.27. The number of amides is 1. The van der Waals surface area contributed by atoms with Crippen molar-refractivity contribution in [3.63, 3.8) is 0 Å². The molecule has 0 aromatic carbocycles. The molecule has 1 unspecified atom stereocenters. The molecule has 3 aromatic rings. The minimum atomic E-state index is -0.495. The van der Waals surface area contributed by atoms with Crippen LogP contribution >= 0.6 is 11.3 Å². The van der Waals surface area contributed by atoms with E-state index in [9.17, 15) is 4.79 Å². The van der Waals surface area contributed by atoms with E-state index in [2.05, 4.69) is 20.0 Å². The van der Waals surface area contributed by atoms with E-state index in [4.69, 9.17) is 5.73 Å². The molecule has 0 spiro atoms. The lowest BCUT2D eigenvalue weighted by Gasteiger charge is -2.32. The summed E-state index contributed by atoms with van der Waals surface area (Å²) in [6, 6.07) is 1.99. The van der Waals surface area contributed by atoms with Crippen molar-refractivity contribution in [1.29, 1.82) is 0 Å². The van der Waals surface area contributed by atoms with Gasteiger partial charge in [0.05, 0.1) is 17.4 Å². The number of nitrogens with two attached hydrogens (primary N) is 1. The predicted octanol–water partition coefficient (Wildman–Crippen LogP) is 1.66. The van der Waals surface area contributed by atoms with E-state index < -0.39 is 5.91 Å². The molecule has 1 atom stereocenters. The molecule has 0 aliphatic carbocycles. The summed E-state index contributed by atoms with van der Waals surface area (Å²) in [4.78, 5) is 23.7. The summed E-state index contributed by atoms with van der Waals surface area (Å²) in [5, 5.41) is 4.34. The van der Waals surface area contributed by atoms with Crippen LogP contribution in [0.3, 0.4) is 0 Å². The molecule has 7 nitrogen and oxygen atoms in total. The van der Waals surface area contributed by atoms with Crippen molar-refractivity contribution >= 4 is 22.9 Å². The summed E-state index contributed by atoms with van der Waals surface area (Å²) in [5.74, 6) is -0.136. The number of hydrogen-bond donors (Lipinski definition) is 1. The third-order valence-corrected chi connectivity index (χ3v) is 5.25. The fourth-order valence-corrected chi connectivity index (χ4v) is 4.01. The second-order valence-corrected chi connectivity index (χ2v) is 7.04. The Balaban J connectivity index is 1.61. The van der Waals surface area contributed by atoms with Gasteiger partial charge in [-0.05, 0) is 25.5 Å². The third kappa shape index (κ3) is 2.78. The van der Waals surface area contributed by atoms with Crippen molar-refractivity contribution in [2.45, 2.75) is 25.3 Å². The van der Waals surface area contributed by atoms with Gasteiger partial charge in [-0.25, -0.2) is 9.50 Å². The van der Waals surface area contributed by atoms with Crippen LogP contribution in [-0.2, 0) is 6.54 Å². The van der Waals surface area contributed by atoms with Crippen LogP contribution in [0.4, 0.5) is 0 Å². The van der Waals surface area contributed by atoms with Crippen LogP contribution in [0.25, 0.3) is 5.65 Å². The number of nitrogens with zero attached hydrogens (tertiary/aromatic N) is 5. The third-order valence-electron chi connectivity index (χ3n) is 4.48. The van der Waals surface area contributed by atoms with Gasteiger partial charge in [-0.2, -0.15) is 5.10 Å². The van der Waals surface area contributed by atoms with Crippen LogP contribution in [0, 0.1) is 0 Å². The summed E-state index contributed by atoms with van der Waals surface area (Å²) < 4.78 is 1.76. The number of piperidine rings is 1. The first-order valence-corrected chi connectivity index (χ1v) is 8.82. The number of primary amides is 1. The highest BCUT2D eigenvalue weighted by Gasteiger charge is 2.25. The summed E-state index contributed by atoms with van der Waals surface area (Å²) >= 11 is 1.69. The summed E-state index contributed by atoms with van der Waals surface area (Å²) in [6.45, 7) is 2.98. The van der Waals surface area contributed by atoms with E-state index in [-0.39, 0.29) is 0 Å². The van der Waals surface area contributed by atoms with E-state index in [1.54, 1.807) is 22.0 Å². The van der Waals surface area contributed by atoms with Crippen LogP contribution < -0.4 is 5.73 Å². The van der Waals surface area contributed by atoms with Gasteiger partial charge < -0.3 is 5.73 Å². The Morgan fingerprint density at radius 2 is 2.33 bits per heavy atom. The zero-order valence-electron chi connectivity index (χ0n) is 13.1. The second kappa shape index (κ2) is 6.29. The molecule has 0 radical (unpaired) electrons. The first-order valence-electron chi connectivity index (χ1n) is 7.94. The molecule has 124 valence electrons. The smallest absolute Gasteiger partial charge is 0.254 e. The highest BCUT2D eigenvalue weighted by molar-refractivity contribution is 7.09. The number of carbonyl (C=O) groups is 1. The molecule has 1 amide bonds. The Kier molecular flexibility index (Phi) is 3.99. The standard InChI is InChI=1S/C16H18N6OS/c17-15(23)13-7-20-22-14(3-4-19-16(13)22)11-2-1-5-21(8-11)9-12-6-18-10-24-12/h3-4,6-7,10-11H,1-2,5,8-9H2,(H2,17,23). The maximum atomic E-state index is 11.5. The van der Waals surface area contributed by atoms with Gasteiger partial charge in [0.2, 0.25) is 0 Å². The van der Waals surface area contributed by atoms with Crippen molar-refractivity contribution < 1.29 is 4.79 Å². The van der Waals surface area contributed by atoms with Crippen molar-refractivity contribution in [3.8, 4) is 0 Å². The van der Waals surface area contributed by atoms with Crippen LogP contribution in [-0.4, -0.2) is 43.5 Å². The van der Waals surface area contributed by atoms with Crippen molar-refractivity contribution in [3.05, 3.63) is 46.3 Å². The number of thiazole rings is 1. The SMILES string of the molecule is NC(=O)c1cnn2c(C3CCCN(Cc4cncs4)C3)ccnc12. The minimum Gasteiger partial charge on any atom is -0.365 e. The molecule has 3 aromatic heterocycles. The lowest BCUT2D eigenvalue weighted by Crippen LogP contribution is -2.34. The van der Waals surface area contributed by atoms with Gasteiger partial charge in [0.1, 0.15) is 5.56 Å². The molecule has 2 N–H and O–H groups in total. The molecule has 0 saturated carbocycles. The van der Waals surface area contributed by atoms with Crippen LogP contribution in [0.2, 0.25) is 0 Å². The fraction of sp³-hybridized carbons (Fsp3) is 0.375. The van der Waals surface area contributed by atoms with Gasteiger partial charge in [0, 0.05) is 36.3 Å². The monoisotopic (exact) mass is 342 g/mol. The van der Waals surface area contributed by atoms with Crippen LogP contribution in [0.1, 0.15) is 39.7 Å². The molecule has 4 heterocycles. The number of aromatic nitrogens is 4. The quantitative estimate of drug-likeness (QED) is 0.779. The van der Waals surface area contributed by atoms with Gasteiger partial charge in [0.15, 0.2) is 5.65 Å². The topological polar surface area (TPSA) is 89.4 Å². The normalized spacial score (nSPS) is 18.9. The Bertz CT molecular complexity index is 859. The minimum absolute atomic E-state index is 0.359. The molecule has 1 saturated heterocycles. The Morgan fingerprint density at radius 3 is 3.12 bits per heavy atom. The molecule has 24 heavy (non-hydrogen) atoms. The zero-order valence-corrected chi connectivity index (χ0v) is 13.9. The predicted molar refractivity (Wildman–Crippen MR) is 90.9 cm³/mol. The summed E-state index contributed by atoms with van der Waals surface area (Å²) in [6.07, 6.45) is 7.42. The Morgan fingerprint density at radius 1 is 1.42 bits per heavy atom. The van der Waals surface area contributed by atoms with E-state index in [0.29, 0.717) is 17.1 Å². The maximum absolute atomic E-state index is 11.5. The van der Waals surface area contributed by atoms with Crippen molar-refractivity contribution in [2.24, 2.45) is 5.73 Å². The first kappa shape index (κ1) is 15.2. The molecule has 1 aliphatic rings. The second-order valence-electron chi connectivity index (χ2n) is 6.07. The number of hydrogen-bond acceptors (Lipinski definition) is 6. The number of carbonyl (C=O) groups excluding carboxylic acids is 1.